The number of aryl methyl sites for hydroxylation is 1. The Bertz CT molecular complexity index is 340. The third kappa shape index (κ3) is 2.23. The van der Waals surface area contributed by atoms with E-state index in [4.69, 9.17) is 0 Å². The van der Waals surface area contributed by atoms with Crippen LogP contribution in [0.1, 0.15) is 0 Å². The van der Waals surface area contributed by atoms with Gasteiger partial charge in [-0.05, 0) is 0 Å². The number of aromatic nitrogens is 2. The average Bonchev–Trinajstić information content (AvgIpc) is 2.12. The summed E-state index contributed by atoms with van der Waals surface area (Å²) in [5, 5.41) is 0. The minimum Gasteiger partial charge on any atom is -0.345 e. The van der Waals surface area contributed by atoms with Crippen molar-refractivity contribution in [2.45, 2.75) is 0 Å². The van der Waals surface area contributed by atoms with E-state index in [1.807, 2.05) is 0 Å². The third-order valence-corrected chi connectivity index (χ3v) is 1.45. The van der Waals surface area contributed by atoms with Crippen LogP contribution >= 0.6 is 0 Å². The molecule has 1 aromatic rings. The Morgan fingerprint density at radius 3 is 2.64 bits per heavy atom. The average molecular weight is 176 g/mol. The van der Waals surface area contributed by atoms with E-state index in [9.17, 15) is 8.42 Å². The second kappa shape index (κ2) is 2.54. The zero-order chi connectivity index (χ0) is 8.48. The standard InChI is InChI=1S/C5H8N2O3S/c1-7-4-3-6-5(7)10-11(2,8)9/h3-4H,1-2H3. The summed E-state index contributed by atoms with van der Waals surface area (Å²) in [6.07, 6.45) is 4.03. The molecule has 0 amide bonds. The van der Waals surface area contributed by atoms with Gasteiger partial charge in [-0.3, -0.25) is 0 Å². The summed E-state index contributed by atoms with van der Waals surface area (Å²) in [6.45, 7) is 0. The van der Waals surface area contributed by atoms with Gasteiger partial charge in [0.25, 0.3) is 0 Å². The molecule has 0 aromatic carbocycles. The van der Waals surface area contributed by atoms with Crippen LogP contribution in [0.3, 0.4) is 0 Å². The quantitative estimate of drug-likeness (QED) is 0.583. The first-order valence-corrected chi connectivity index (χ1v) is 4.67. The van der Waals surface area contributed by atoms with E-state index in [1.165, 1.54) is 10.8 Å². The third-order valence-electron chi connectivity index (χ3n) is 1.00. The van der Waals surface area contributed by atoms with Gasteiger partial charge in [0.1, 0.15) is 0 Å². The van der Waals surface area contributed by atoms with Gasteiger partial charge in [-0.25, -0.2) is 4.98 Å². The maximum Gasteiger partial charge on any atom is 0.312 e. The topological polar surface area (TPSA) is 61.2 Å². The smallest absolute Gasteiger partial charge is 0.312 e. The van der Waals surface area contributed by atoms with Crippen LogP contribution in [0.25, 0.3) is 0 Å². The number of nitrogens with zero attached hydrogens (tertiary/aromatic N) is 2. The summed E-state index contributed by atoms with van der Waals surface area (Å²) >= 11 is 0. The monoisotopic (exact) mass is 176 g/mol. The fraction of sp³-hybridized carbons (Fsp3) is 0.400. The fourth-order valence-electron chi connectivity index (χ4n) is 0.568. The van der Waals surface area contributed by atoms with Crippen molar-refractivity contribution in [2.75, 3.05) is 6.26 Å². The van der Waals surface area contributed by atoms with Crippen molar-refractivity contribution in [3.8, 4) is 6.01 Å². The number of rotatable bonds is 2. The highest BCUT2D eigenvalue weighted by atomic mass is 32.2. The van der Waals surface area contributed by atoms with Crippen molar-refractivity contribution >= 4 is 10.1 Å². The van der Waals surface area contributed by atoms with E-state index in [0.29, 0.717) is 0 Å². The molecule has 6 heteroatoms. The Morgan fingerprint density at radius 2 is 2.27 bits per heavy atom. The van der Waals surface area contributed by atoms with Gasteiger partial charge in [-0.15, -0.1) is 0 Å². The van der Waals surface area contributed by atoms with Crippen molar-refractivity contribution in [2.24, 2.45) is 7.05 Å². The lowest BCUT2D eigenvalue weighted by Gasteiger charge is -1.99. The first-order chi connectivity index (χ1) is 4.99. The Hall–Kier alpha value is -1.04. The van der Waals surface area contributed by atoms with Gasteiger partial charge in [0, 0.05) is 19.4 Å². The summed E-state index contributed by atoms with van der Waals surface area (Å²) in [6, 6.07) is 0.0764. The molecule has 0 bridgehead atoms. The number of hydrogen-bond acceptors (Lipinski definition) is 4. The number of hydrogen-bond donors (Lipinski definition) is 0. The molecule has 0 aliphatic heterocycles. The molecular weight excluding hydrogens is 168 g/mol. The van der Waals surface area contributed by atoms with Gasteiger partial charge >= 0.3 is 16.1 Å². The molecule has 1 heterocycles. The number of imidazole rings is 1. The molecule has 62 valence electrons. The molecule has 0 aliphatic rings. The summed E-state index contributed by atoms with van der Waals surface area (Å²) < 4.78 is 27.1. The molecule has 0 N–H and O–H groups in total. The summed E-state index contributed by atoms with van der Waals surface area (Å²) in [4.78, 5) is 3.66. The van der Waals surface area contributed by atoms with Gasteiger partial charge in [0.2, 0.25) is 0 Å². The van der Waals surface area contributed by atoms with E-state index in [-0.39, 0.29) is 6.01 Å². The van der Waals surface area contributed by atoms with Crippen molar-refractivity contribution in [3.63, 3.8) is 0 Å². The van der Waals surface area contributed by atoms with Crippen LogP contribution in [0.5, 0.6) is 6.01 Å². The van der Waals surface area contributed by atoms with Gasteiger partial charge in [-0.1, -0.05) is 0 Å². The van der Waals surface area contributed by atoms with Crippen LogP contribution in [0.4, 0.5) is 0 Å². The molecule has 5 nitrogen and oxygen atoms in total. The Balaban J connectivity index is 2.89. The Kier molecular flexibility index (Phi) is 1.86. The molecular formula is C5H8N2O3S. The first-order valence-electron chi connectivity index (χ1n) is 2.86. The van der Waals surface area contributed by atoms with Crippen molar-refractivity contribution < 1.29 is 12.6 Å². The Morgan fingerprint density at radius 1 is 1.64 bits per heavy atom. The molecule has 0 atom stereocenters. The Labute approximate surface area is 64.7 Å². The van der Waals surface area contributed by atoms with Crippen LogP contribution < -0.4 is 4.18 Å². The van der Waals surface area contributed by atoms with Crippen LogP contribution in [0.15, 0.2) is 12.4 Å². The largest absolute Gasteiger partial charge is 0.345 e. The van der Waals surface area contributed by atoms with E-state index < -0.39 is 10.1 Å². The van der Waals surface area contributed by atoms with Gasteiger partial charge in [-0.2, -0.15) is 8.42 Å². The minimum atomic E-state index is -3.45. The predicted molar refractivity (Wildman–Crippen MR) is 38.7 cm³/mol. The zero-order valence-electron chi connectivity index (χ0n) is 6.18. The fourth-order valence-corrected chi connectivity index (χ4v) is 0.999. The maximum atomic E-state index is 10.6. The van der Waals surface area contributed by atoms with Crippen LogP contribution in [0, 0.1) is 0 Å². The highest BCUT2D eigenvalue weighted by Crippen LogP contribution is 2.05. The van der Waals surface area contributed by atoms with Gasteiger partial charge in [0.05, 0.1) is 6.26 Å². The van der Waals surface area contributed by atoms with Crippen molar-refractivity contribution in [3.05, 3.63) is 12.4 Å². The molecule has 1 rings (SSSR count). The van der Waals surface area contributed by atoms with E-state index in [0.717, 1.165) is 6.26 Å². The second-order valence-corrected chi connectivity index (χ2v) is 3.68. The molecule has 0 unspecified atom stereocenters. The molecule has 1 aromatic heterocycles. The highest BCUT2D eigenvalue weighted by molar-refractivity contribution is 7.86. The van der Waals surface area contributed by atoms with Gasteiger partial charge in [0.15, 0.2) is 0 Å². The molecule has 0 aliphatic carbocycles. The molecule has 0 radical (unpaired) electrons. The second-order valence-electron chi connectivity index (χ2n) is 2.11. The van der Waals surface area contributed by atoms with Crippen LogP contribution in [-0.4, -0.2) is 24.2 Å². The summed E-state index contributed by atoms with van der Waals surface area (Å²) in [5.74, 6) is 0. The van der Waals surface area contributed by atoms with E-state index in [1.54, 1.807) is 13.2 Å². The summed E-state index contributed by atoms with van der Waals surface area (Å²) in [5.41, 5.74) is 0. The molecule has 0 saturated carbocycles. The SMILES string of the molecule is Cn1ccnc1OS(C)(=O)=O. The first kappa shape index (κ1) is 8.06. The zero-order valence-corrected chi connectivity index (χ0v) is 7.00. The molecule has 0 saturated heterocycles. The highest BCUT2D eigenvalue weighted by Gasteiger charge is 2.07. The van der Waals surface area contributed by atoms with Crippen LogP contribution in [0.2, 0.25) is 0 Å². The van der Waals surface area contributed by atoms with Gasteiger partial charge < -0.3 is 8.75 Å². The summed E-state index contributed by atoms with van der Waals surface area (Å²) in [7, 11) is -1.81. The lowest BCUT2D eigenvalue weighted by atomic mass is 10.9. The molecule has 11 heavy (non-hydrogen) atoms. The lowest BCUT2D eigenvalue weighted by molar-refractivity contribution is 0.458. The van der Waals surface area contributed by atoms with Crippen molar-refractivity contribution in [1.29, 1.82) is 0 Å². The molecule has 0 spiro atoms. The van der Waals surface area contributed by atoms with E-state index in [2.05, 4.69) is 9.17 Å². The minimum absolute atomic E-state index is 0.0764. The molecule has 0 fully saturated rings. The van der Waals surface area contributed by atoms with Crippen molar-refractivity contribution in [1.82, 2.24) is 9.55 Å². The van der Waals surface area contributed by atoms with Crippen LogP contribution in [-0.2, 0) is 17.2 Å². The normalized spacial score (nSPS) is 11.5. The lowest BCUT2D eigenvalue weighted by Crippen LogP contribution is -2.09. The van der Waals surface area contributed by atoms with E-state index >= 15 is 0 Å². The maximum absolute atomic E-state index is 10.6. The predicted octanol–water partition coefficient (Wildman–Crippen LogP) is -0.242.